The molecule has 6 saturated carbocycles. The van der Waals surface area contributed by atoms with Crippen LogP contribution in [0.4, 0.5) is 0 Å². The minimum Gasteiger partial charge on any atom is -0.462 e. The molecule has 8 aliphatic carbocycles. The van der Waals surface area contributed by atoms with Gasteiger partial charge in [-0.1, -0.05) is 66.5 Å². The quantitative estimate of drug-likeness (QED) is 0.0724. The van der Waals surface area contributed by atoms with E-state index in [9.17, 15) is 19.2 Å². The van der Waals surface area contributed by atoms with E-state index in [1.165, 1.54) is 25.0 Å². The molecule has 0 spiro atoms. The summed E-state index contributed by atoms with van der Waals surface area (Å²) >= 11 is 0. The van der Waals surface area contributed by atoms with Gasteiger partial charge in [-0.2, -0.15) is 0 Å². The molecule has 8 rings (SSSR count). The summed E-state index contributed by atoms with van der Waals surface area (Å²) in [4.78, 5) is 48.8. The van der Waals surface area contributed by atoms with E-state index in [4.69, 9.17) is 18.9 Å². The lowest BCUT2D eigenvalue weighted by Gasteiger charge is -2.60. The van der Waals surface area contributed by atoms with Gasteiger partial charge in [0.25, 0.3) is 0 Å². The Morgan fingerprint density at radius 1 is 0.586 bits per heavy atom. The Balaban J connectivity index is 1.00. The van der Waals surface area contributed by atoms with Gasteiger partial charge in [-0.3, -0.25) is 19.2 Å². The number of rotatable bonds is 9. The Bertz CT molecular complexity index is 1720. The number of carbonyl (C=O) groups is 4. The minimum atomic E-state index is -0.221. The van der Waals surface area contributed by atoms with Crippen molar-refractivity contribution in [2.24, 2.45) is 57.2 Å². The van der Waals surface area contributed by atoms with Crippen molar-refractivity contribution < 1.29 is 38.1 Å². The number of ether oxygens (including phenoxy) is 4. The Morgan fingerprint density at radius 2 is 1.10 bits per heavy atom. The van der Waals surface area contributed by atoms with Gasteiger partial charge in [0.15, 0.2) is 0 Å². The van der Waals surface area contributed by atoms with E-state index >= 15 is 0 Å². The third kappa shape index (κ3) is 7.45. The maximum atomic E-state index is 12.3. The third-order valence-electron chi connectivity index (χ3n) is 17.7. The first-order valence-electron chi connectivity index (χ1n) is 22.2. The van der Waals surface area contributed by atoms with Crippen LogP contribution >= 0.6 is 41.2 Å². The summed E-state index contributed by atoms with van der Waals surface area (Å²) < 4.78 is 23.8. The van der Waals surface area contributed by atoms with Crippen molar-refractivity contribution >= 4 is 65.1 Å². The predicted molar refractivity (Wildman–Crippen MR) is 234 cm³/mol. The molecule has 8 aliphatic rings. The van der Waals surface area contributed by atoms with Crippen molar-refractivity contribution in [1.82, 2.24) is 0 Å². The number of fused-ring (bicyclic) bond motifs is 10. The monoisotopic (exact) mass is 874 g/mol. The molecule has 6 fully saturated rings. The summed E-state index contributed by atoms with van der Waals surface area (Å²) in [6.45, 7) is 16.0. The van der Waals surface area contributed by atoms with Crippen molar-refractivity contribution in [3.8, 4) is 0 Å². The van der Waals surface area contributed by atoms with Gasteiger partial charge in [0.1, 0.15) is 24.4 Å². The normalized spacial score (nSPS) is 46.3. The van der Waals surface area contributed by atoms with Crippen LogP contribution in [0.5, 0.6) is 0 Å². The van der Waals surface area contributed by atoms with E-state index in [0.29, 0.717) is 35.5 Å². The molecule has 0 saturated heterocycles. The Labute approximate surface area is 362 Å². The van der Waals surface area contributed by atoms with E-state index in [2.05, 4.69) is 39.8 Å². The first kappa shape index (κ1) is 43.4. The van der Waals surface area contributed by atoms with E-state index < -0.39 is 0 Å². The first-order chi connectivity index (χ1) is 27.5. The van der Waals surface area contributed by atoms with Crippen molar-refractivity contribution in [1.29, 1.82) is 0 Å². The summed E-state index contributed by atoms with van der Waals surface area (Å²) in [7, 11) is 7.76. The van der Waals surface area contributed by atoms with Crippen molar-refractivity contribution in [2.75, 3.05) is 0 Å². The highest BCUT2D eigenvalue weighted by Crippen LogP contribution is 2.71. The standard InChI is InChI=1S/C46H66O8S4/c1-25(47)51-31-21-29-9-11-33-35-13-15-39(53-27(3)49)43(35,5)19-17-37(33)45(29,7)41(23-31)55-57-58-56-42-24-32(52-26(2)48)22-30-10-12-34-36-14-16-40(54-28(4)50)44(36,6)20-18-38(34)46(30,42)8/h9,22,31-42H,10-21,23-24H2,1-8H3/t31-,32-,33-,34-,35-,36-,37-,38-,39-,40-,41-,42-,43-,44-,45-,46-/m0/s1. The van der Waals surface area contributed by atoms with Gasteiger partial charge in [0.05, 0.1) is 0 Å². The fourth-order valence-corrected chi connectivity index (χ4v) is 23.4. The summed E-state index contributed by atoms with van der Waals surface area (Å²) in [5.41, 5.74) is 2.99. The molecule has 0 aromatic rings. The van der Waals surface area contributed by atoms with Crippen LogP contribution in [0.25, 0.3) is 0 Å². The fourth-order valence-electron chi connectivity index (χ4n) is 15.1. The highest BCUT2D eigenvalue weighted by Gasteiger charge is 2.64. The zero-order chi connectivity index (χ0) is 41.4. The molecule has 0 aliphatic heterocycles. The van der Waals surface area contributed by atoms with E-state index in [1.807, 2.05) is 41.2 Å². The van der Waals surface area contributed by atoms with Crippen LogP contribution < -0.4 is 0 Å². The second-order valence-electron chi connectivity index (χ2n) is 20.3. The number of hydrogen-bond acceptors (Lipinski definition) is 12. The zero-order valence-corrected chi connectivity index (χ0v) is 39.1. The molecule has 58 heavy (non-hydrogen) atoms. The average Bonchev–Trinajstić information content (AvgIpc) is 3.65. The van der Waals surface area contributed by atoms with E-state index in [-0.39, 0.29) is 80.5 Å². The van der Waals surface area contributed by atoms with Crippen LogP contribution in [0.3, 0.4) is 0 Å². The lowest BCUT2D eigenvalue weighted by molar-refractivity contribution is -0.158. The molecular weight excluding hydrogens is 809 g/mol. The Hall–Kier alpha value is -1.24. The summed E-state index contributed by atoms with van der Waals surface area (Å²) in [6, 6.07) is 0. The van der Waals surface area contributed by atoms with Crippen molar-refractivity contribution in [3.05, 3.63) is 23.3 Å². The number of allylic oxidation sites excluding steroid dienone is 2. The van der Waals surface area contributed by atoms with Crippen LogP contribution in [0, 0.1) is 57.2 Å². The highest BCUT2D eigenvalue weighted by atomic mass is 33.7. The molecule has 0 aromatic heterocycles. The summed E-state index contributed by atoms with van der Waals surface area (Å²) in [6.07, 6.45) is 18.8. The molecule has 322 valence electrons. The number of esters is 4. The first-order valence-corrected chi connectivity index (χ1v) is 27.2. The molecule has 0 heterocycles. The molecule has 0 N–H and O–H groups in total. The highest BCUT2D eigenvalue weighted by molar-refractivity contribution is 9.26. The predicted octanol–water partition coefficient (Wildman–Crippen LogP) is 11.3. The second kappa shape index (κ2) is 16.5. The topological polar surface area (TPSA) is 105 Å². The maximum Gasteiger partial charge on any atom is 0.303 e. The fraction of sp³-hybridized carbons (Fsp3) is 0.826. The number of hydrogen-bond donors (Lipinski definition) is 0. The van der Waals surface area contributed by atoms with Gasteiger partial charge in [-0.25, -0.2) is 0 Å². The number of carbonyl (C=O) groups excluding carboxylic acids is 4. The van der Waals surface area contributed by atoms with Gasteiger partial charge < -0.3 is 18.9 Å². The lowest BCUT2D eigenvalue weighted by atomic mass is 9.47. The smallest absolute Gasteiger partial charge is 0.303 e. The van der Waals surface area contributed by atoms with E-state index in [1.54, 1.807) is 13.8 Å². The third-order valence-corrected chi connectivity index (χ3v) is 25.2. The molecule has 0 amide bonds. The lowest BCUT2D eigenvalue weighted by Crippen LogP contribution is -2.55. The Morgan fingerprint density at radius 3 is 1.67 bits per heavy atom. The minimum absolute atomic E-state index is 0.00690. The Kier molecular flexibility index (Phi) is 12.3. The molecule has 12 heteroatoms. The van der Waals surface area contributed by atoms with Crippen molar-refractivity contribution in [3.63, 3.8) is 0 Å². The van der Waals surface area contributed by atoms with Gasteiger partial charge >= 0.3 is 23.9 Å². The van der Waals surface area contributed by atoms with Crippen LogP contribution in [-0.4, -0.2) is 58.8 Å². The maximum absolute atomic E-state index is 12.3. The largest absolute Gasteiger partial charge is 0.462 e. The molecule has 0 aromatic carbocycles. The zero-order valence-electron chi connectivity index (χ0n) is 35.9. The molecule has 0 radical (unpaired) electrons. The average molecular weight is 875 g/mol. The second-order valence-corrected chi connectivity index (χ2v) is 26.5. The van der Waals surface area contributed by atoms with Crippen LogP contribution in [-0.2, 0) is 38.1 Å². The molecule has 0 unspecified atom stereocenters. The molecule has 8 nitrogen and oxygen atoms in total. The van der Waals surface area contributed by atoms with Gasteiger partial charge in [0, 0.05) is 72.7 Å². The van der Waals surface area contributed by atoms with Crippen LogP contribution in [0.2, 0.25) is 0 Å². The van der Waals surface area contributed by atoms with Crippen LogP contribution in [0.1, 0.15) is 145 Å². The SMILES string of the molecule is CC(=O)O[C@H]1CC2=CC[C@H]3[C@@H]4CC[C@H](OC(C)=O)[C@@]4(C)CC[C@@H]3[C@@]2(C)[C@@H](SSSS[C@H]2C[C@@H](OC(C)=O)C=C3CC[C@H]4[C@@H]5CC[C@H](OC(C)=O)[C@@]5(C)CC[C@@H]4[C@]32C)C1. The summed E-state index contributed by atoms with van der Waals surface area (Å²) in [5.74, 6) is 2.56. The summed E-state index contributed by atoms with van der Waals surface area (Å²) in [5, 5.41) is 0.568. The van der Waals surface area contributed by atoms with Crippen molar-refractivity contribution in [2.45, 2.75) is 180 Å². The van der Waals surface area contributed by atoms with E-state index in [0.717, 1.165) is 89.9 Å². The molecular formula is C46H66O8S4. The van der Waals surface area contributed by atoms with Gasteiger partial charge in [0.2, 0.25) is 0 Å². The van der Waals surface area contributed by atoms with Crippen LogP contribution in [0.15, 0.2) is 23.3 Å². The molecule has 16 atom stereocenters. The van der Waals surface area contributed by atoms with Gasteiger partial charge in [-0.15, -0.1) is 0 Å². The van der Waals surface area contributed by atoms with Gasteiger partial charge in [-0.05, 0) is 138 Å². The molecule has 0 bridgehead atoms.